The van der Waals surface area contributed by atoms with Gasteiger partial charge in [0.05, 0.1) is 12.1 Å². The van der Waals surface area contributed by atoms with Gasteiger partial charge in [0.15, 0.2) is 0 Å². The first-order chi connectivity index (χ1) is 5.27. The molecule has 1 aliphatic rings. The highest BCUT2D eigenvalue weighted by atomic mass is 16.3. The summed E-state index contributed by atoms with van der Waals surface area (Å²) in [7, 11) is 0. The van der Waals surface area contributed by atoms with Gasteiger partial charge in [-0.15, -0.1) is 0 Å². The van der Waals surface area contributed by atoms with Crippen LogP contribution in [0.25, 0.3) is 0 Å². The van der Waals surface area contributed by atoms with Crippen LogP contribution in [0.3, 0.4) is 0 Å². The molecule has 0 spiro atoms. The molecule has 0 aromatic carbocycles. The van der Waals surface area contributed by atoms with Gasteiger partial charge < -0.3 is 5.11 Å². The molecule has 0 aliphatic carbocycles. The minimum atomic E-state index is -0.654. The summed E-state index contributed by atoms with van der Waals surface area (Å²) in [4.78, 5) is 10.8. The van der Waals surface area contributed by atoms with Crippen molar-refractivity contribution in [2.45, 2.75) is 12.5 Å². The molecule has 1 aromatic rings. The molecule has 11 heavy (non-hydrogen) atoms. The number of nitrogens with one attached hydrogen (secondary N) is 1. The fraction of sp³-hybridized carbons (Fsp3) is 0.286. The molecule has 2 heterocycles. The van der Waals surface area contributed by atoms with Crippen molar-refractivity contribution in [3.8, 4) is 0 Å². The first-order valence-electron chi connectivity index (χ1n) is 3.42. The Morgan fingerprint density at radius 3 is 3.36 bits per heavy atom. The normalized spacial score (nSPS) is 22.6. The highest BCUT2D eigenvalue weighted by Gasteiger charge is 2.21. The van der Waals surface area contributed by atoms with Crippen molar-refractivity contribution in [3.63, 3.8) is 0 Å². The molecule has 4 nitrogen and oxygen atoms in total. The quantitative estimate of drug-likeness (QED) is 0.549. The molecule has 1 amide bonds. The topological polar surface area (TPSA) is 54.3 Å². The van der Waals surface area contributed by atoms with Gasteiger partial charge in [0.1, 0.15) is 6.10 Å². The van der Waals surface area contributed by atoms with Gasteiger partial charge in [-0.05, 0) is 12.1 Å². The lowest BCUT2D eigenvalue weighted by atomic mass is 10.1. The summed E-state index contributed by atoms with van der Waals surface area (Å²) in [5, 5.41) is 9.34. The van der Waals surface area contributed by atoms with Crippen molar-refractivity contribution in [1.82, 2.24) is 4.68 Å². The van der Waals surface area contributed by atoms with Crippen LogP contribution in [0.15, 0.2) is 18.3 Å². The lowest BCUT2D eigenvalue weighted by molar-refractivity contribution is -0.120. The predicted molar refractivity (Wildman–Crippen MR) is 38.4 cm³/mol. The smallest absolute Gasteiger partial charge is 0.241 e. The molecule has 0 fully saturated rings. The second-order valence-electron chi connectivity index (χ2n) is 2.56. The van der Waals surface area contributed by atoms with Crippen molar-refractivity contribution in [3.05, 3.63) is 24.0 Å². The standard InChI is InChI=1S/C7H8N2O2/c10-6-4-7(11)8-9-3-1-2-5(6)9/h1-3,6,10H,4H2,(H,8,11). The zero-order valence-electron chi connectivity index (χ0n) is 5.82. The molecule has 0 saturated carbocycles. The van der Waals surface area contributed by atoms with Crippen LogP contribution >= 0.6 is 0 Å². The highest BCUT2D eigenvalue weighted by molar-refractivity contribution is 5.85. The number of aliphatic hydroxyl groups excluding tert-OH is 1. The van der Waals surface area contributed by atoms with Crippen LogP contribution in [-0.2, 0) is 4.79 Å². The van der Waals surface area contributed by atoms with Gasteiger partial charge in [-0.1, -0.05) is 0 Å². The minimum absolute atomic E-state index is 0.152. The van der Waals surface area contributed by atoms with E-state index in [9.17, 15) is 9.90 Å². The molecule has 58 valence electrons. The molecule has 1 aromatic heterocycles. The van der Waals surface area contributed by atoms with Crippen LogP contribution in [0.1, 0.15) is 18.2 Å². The van der Waals surface area contributed by atoms with Gasteiger partial charge in [-0.2, -0.15) is 0 Å². The van der Waals surface area contributed by atoms with E-state index in [1.54, 1.807) is 18.3 Å². The zero-order valence-corrected chi connectivity index (χ0v) is 5.82. The van der Waals surface area contributed by atoms with E-state index in [1.807, 2.05) is 0 Å². The first kappa shape index (κ1) is 6.42. The molecule has 1 unspecified atom stereocenters. The molecule has 0 saturated heterocycles. The van der Waals surface area contributed by atoms with Gasteiger partial charge >= 0.3 is 0 Å². The number of rotatable bonds is 0. The fourth-order valence-corrected chi connectivity index (χ4v) is 1.23. The van der Waals surface area contributed by atoms with E-state index in [4.69, 9.17) is 0 Å². The van der Waals surface area contributed by atoms with Crippen molar-refractivity contribution < 1.29 is 9.90 Å². The molecule has 2 N–H and O–H groups in total. The number of carbonyl (C=O) groups excluding carboxylic acids is 1. The van der Waals surface area contributed by atoms with E-state index in [-0.39, 0.29) is 12.3 Å². The number of amides is 1. The monoisotopic (exact) mass is 152 g/mol. The second-order valence-corrected chi connectivity index (χ2v) is 2.56. The Balaban J connectivity index is 2.43. The largest absolute Gasteiger partial charge is 0.386 e. The summed E-state index contributed by atoms with van der Waals surface area (Å²) in [5.41, 5.74) is 3.33. The minimum Gasteiger partial charge on any atom is -0.386 e. The second kappa shape index (κ2) is 2.10. The Bertz CT molecular complexity index is 292. The van der Waals surface area contributed by atoms with E-state index in [0.29, 0.717) is 0 Å². The number of fused-ring (bicyclic) bond motifs is 1. The van der Waals surface area contributed by atoms with Gasteiger partial charge in [0, 0.05) is 6.20 Å². The van der Waals surface area contributed by atoms with Gasteiger partial charge in [-0.25, -0.2) is 0 Å². The number of nitrogens with zero attached hydrogens (tertiary/aromatic N) is 1. The molecular formula is C7H8N2O2. The number of hydrogen-bond donors (Lipinski definition) is 2. The van der Waals surface area contributed by atoms with Gasteiger partial charge in [0.2, 0.25) is 5.91 Å². The molecule has 0 radical (unpaired) electrons. The van der Waals surface area contributed by atoms with Crippen LogP contribution in [-0.4, -0.2) is 15.7 Å². The summed E-state index contributed by atoms with van der Waals surface area (Å²) in [6.07, 6.45) is 1.21. The number of hydrogen-bond acceptors (Lipinski definition) is 2. The Hall–Kier alpha value is -1.29. The highest BCUT2D eigenvalue weighted by Crippen LogP contribution is 2.19. The molecule has 1 aliphatic heterocycles. The summed E-state index contributed by atoms with van der Waals surface area (Å²) in [5.74, 6) is -0.152. The maximum Gasteiger partial charge on any atom is 0.241 e. The van der Waals surface area contributed by atoms with Crippen LogP contribution < -0.4 is 5.43 Å². The van der Waals surface area contributed by atoms with Gasteiger partial charge in [0.25, 0.3) is 0 Å². The van der Waals surface area contributed by atoms with Crippen LogP contribution in [0.4, 0.5) is 0 Å². The lowest BCUT2D eigenvalue weighted by Gasteiger charge is -2.20. The van der Waals surface area contributed by atoms with Crippen molar-refractivity contribution in [2.24, 2.45) is 0 Å². The third-order valence-corrected chi connectivity index (χ3v) is 1.75. The Morgan fingerprint density at radius 2 is 2.55 bits per heavy atom. The Labute approximate surface area is 63.4 Å². The Kier molecular flexibility index (Phi) is 1.22. The summed E-state index contributed by atoms with van der Waals surface area (Å²) in [6, 6.07) is 3.56. The van der Waals surface area contributed by atoms with E-state index >= 15 is 0 Å². The average Bonchev–Trinajstić information content (AvgIpc) is 2.34. The van der Waals surface area contributed by atoms with E-state index in [2.05, 4.69) is 5.43 Å². The van der Waals surface area contributed by atoms with E-state index < -0.39 is 6.10 Å². The third kappa shape index (κ3) is 0.914. The lowest BCUT2D eigenvalue weighted by Crippen LogP contribution is -2.31. The summed E-state index contributed by atoms with van der Waals surface area (Å²) < 4.78 is 1.54. The summed E-state index contributed by atoms with van der Waals surface area (Å²) in [6.45, 7) is 0. The summed E-state index contributed by atoms with van der Waals surface area (Å²) >= 11 is 0. The number of carbonyl (C=O) groups is 1. The van der Waals surface area contributed by atoms with Crippen molar-refractivity contribution >= 4 is 5.91 Å². The third-order valence-electron chi connectivity index (χ3n) is 1.75. The predicted octanol–water partition coefficient (Wildman–Crippen LogP) is -0.00470. The zero-order chi connectivity index (χ0) is 7.84. The number of aromatic nitrogens is 1. The molecule has 0 bridgehead atoms. The SMILES string of the molecule is O=C1CC(O)c2cccn2N1. The number of aliphatic hydroxyl groups is 1. The maximum absolute atomic E-state index is 10.8. The average molecular weight is 152 g/mol. The maximum atomic E-state index is 10.8. The molecule has 1 atom stereocenters. The first-order valence-corrected chi connectivity index (χ1v) is 3.42. The van der Waals surface area contributed by atoms with Crippen LogP contribution in [0.2, 0.25) is 0 Å². The van der Waals surface area contributed by atoms with E-state index in [1.165, 1.54) is 4.68 Å². The molecule has 4 heteroatoms. The molecule has 2 rings (SSSR count). The van der Waals surface area contributed by atoms with Crippen molar-refractivity contribution in [1.29, 1.82) is 0 Å². The molecular weight excluding hydrogens is 144 g/mol. The van der Waals surface area contributed by atoms with Gasteiger partial charge in [-0.3, -0.25) is 14.9 Å². The van der Waals surface area contributed by atoms with Crippen LogP contribution in [0, 0.1) is 0 Å². The van der Waals surface area contributed by atoms with Crippen molar-refractivity contribution in [2.75, 3.05) is 5.43 Å². The van der Waals surface area contributed by atoms with E-state index in [0.717, 1.165) is 5.69 Å². The van der Waals surface area contributed by atoms with Crippen LogP contribution in [0.5, 0.6) is 0 Å². The fourth-order valence-electron chi connectivity index (χ4n) is 1.23. The Morgan fingerprint density at radius 1 is 1.73 bits per heavy atom.